The van der Waals surface area contributed by atoms with Gasteiger partial charge in [-0.2, -0.15) is 0 Å². The van der Waals surface area contributed by atoms with Gasteiger partial charge >= 0.3 is 0 Å². The van der Waals surface area contributed by atoms with Gasteiger partial charge in [-0.05, 0) is 69.9 Å². The molecule has 0 aromatic heterocycles. The number of likely N-dealkylation sites (tertiary alicyclic amines) is 1. The first-order valence-electron chi connectivity index (χ1n) is 7.60. The fraction of sp³-hybridized carbons (Fsp3) is 0.562. The molecule has 0 atom stereocenters. The van der Waals surface area contributed by atoms with Crippen molar-refractivity contribution < 1.29 is 0 Å². The quantitative estimate of drug-likeness (QED) is 0.476. The topological polar surface area (TPSA) is 53.6 Å². The summed E-state index contributed by atoms with van der Waals surface area (Å²) in [6.07, 6.45) is 5.05. The highest BCUT2D eigenvalue weighted by Gasteiger charge is 2.09. The van der Waals surface area contributed by atoms with Crippen LogP contribution in [0.4, 0.5) is 5.69 Å². The van der Waals surface area contributed by atoms with Gasteiger partial charge in [-0.15, -0.1) is 0 Å². The lowest BCUT2D eigenvalue weighted by Gasteiger charge is -2.13. The van der Waals surface area contributed by atoms with Crippen LogP contribution in [0.3, 0.4) is 0 Å². The predicted molar refractivity (Wildman–Crippen MR) is 86.2 cm³/mol. The molecule has 3 N–H and O–H groups in total. The molecule has 2 rings (SSSR count). The first-order valence-corrected chi connectivity index (χ1v) is 7.60. The molecule has 0 amide bonds. The summed E-state index contributed by atoms with van der Waals surface area (Å²) in [5.74, 6) is 0.511. The molecule has 0 radical (unpaired) electrons. The van der Waals surface area contributed by atoms with Crippen LogP contribution in [-0.4, -0.2) is 37.0 Å². The SMILES string of the molecule is Cc1cccc(NC(N)=NCCCCN2CCCC2)c1. The van der Waals surface area contributed by atoms with Crippen molar-refractivity contribution in [3.8, 4) is 0 Å². The Morgan fingerprint density at radius 1 is 1.30 bits per heavy atom. The molecule has 110 valence electrons. The van der Waals surface area contributed by atoms with Crippen LogP contribution >= 0.6 is 0 Å². The van der Waals surface area contributed by atoms with Gasteiger partial charge in [0, 0.05) is 12.2 Å². The summed E-state index contributed by atoms with van der Waals surface area (Å²) in [7, 11) is 0. The zero-order chi connectivity index (χ0) is 14.2. The molecule has 1 aliphatic heterocycles. The van der Waals surface area contributed by atoms with Crippen molar-refractivity contribution in [2.24, 2.45) is 10.7 Å². The van der Waals surface area contributed by atoms with Crippen LogP contribution in [0.5, 0.6) is 0 Å². The largest absolute Gasteiger partial charge is 0.370 e. The molecule has 0 aliphatic carbocycles. The standard InChI is InChI=1S/C16H26N4/c1-14-7-6-8-15(13-14)19-16(17)18-9-2-3-10-20-11-4-5-12-20/h6-8,13H,2-5,9-12H2,1H3,(H3,17,18,19). The third kappa shape index (κ3) is 5.21. The van der Waals surface area contributed by atoms with Crippen molar-refractivity contribution in [3.63, 3.8) is 0 Å². The molecule has 1 aliphatic rings. The fourth-order valence-corrected chi connectivity index (χ4v) is 2.56. The molecule has 1 heterocycles. The number of nitrogens with one attached hydrogen (secondary N) is 1. The number of aryl methyl sites for hydroxylation is 1. The second kappa shape index (κ2) is 7.90. The molecule has 0 unspecified atom stereocenters. The van der Waals surface area contributed by atoms with Crippen LogP contribution in [0.2, 0.25) is 0 Å². The Morgan fingerprint density at radius 2 is 2.10 bits per heavy atom. The molecule has 1 aromatic carbocycles. The first kappa shape index (κ1) is 14.9. The van der Waals surface area contributed by atoms with E-state index in [9.17, 15) is 0 Å². The van der Waals surface area contributed by atoms with Gasteiger partial charge in [0.2, 0.25) is 0 Å². The van der Waals surface area contributed by atoms with Gasteiger partial charge in [-0.3, -0.25) is 4.99 Å². The van der Waals surface area contributed by atoms with E-state index < -0.39 is 0 Å². The molecule has 4 heteroatoms. The molecule has 0 bridgehead atoms. The molecule has 1 saturated heterocycles. The molecular formula is C16H26N4. The highest BCUT2D eigenvalue weighted by molar-refractivity contribution is 5.92. The Labute approximate surface area is 122 Å². The highest BCUT2D eigenvalue weighted by atomic mass is 15.1. The number of guanidine groups is 1. The summed E-state index contributed by atoms with van der Waals surface area (Å²) >= 11 is 0. The highest BCUT2D eigenvalue weighted by Crippen LogP contribution is 2.09. The van der Waals surface area contributed by atoms with Crippen molar-refractivity contribution in [1.82, 2.24) is 4.90 Å². The average Bonchev–Trinajstić information content (AvgIpc) is 2.91. The summed E-state index contributed by atoms with van der Waals surface area (Å²) in [6, 6.07) is 8.15. The molecule has 0 saturated carbocycles. The average molecular weight is 274 g/mol. The zero-order valence-corrected chi connectivity index (χ0v) is 12.4. The molecule has 0 spiro atoms. The lowest BCUT2D eigenvalue weighted by molar-refractivity contribution is 0.331. The van der Waals surface area contributed by atoms with Gasteiger partial charge in [0.05, 0.1) is 0 Å². The van der Waals surface area contributed by atoms with Gasteiger partial charge in [-0.25, -0.2) is 0 Å². The molecular weight excluding hydrogens is 248 g/mol. The second-order valence-electron chi connectivity index (χ2n) is 5.52. The van der Waals surface area contributed by atoms with Gasteiger partial charge in [0.25, 0.3) is 0 Å². The number of anilines is 1. The number of aliphatic imine (C=N–C) groups is 1. The smallest absolute Gasteiger partial charge is 0.193 e. The minimum atomic E-state index is 0.511. The lowest BCUT2D eigenvalue weighted by atomic mass is 10.2. The summed E-state index contributed by atoms with van der Waals surface area (Å²) in [6.45, 7) is 6.64. The summed E-state index contributed by atoms with van der Waals surface area (Å²) < 4.78 is 0. The van der Waals surface area contributed by atoms with Crippen molar-refractivity contribution in [1.29, 1.82) is 0 Å². The van der Waals surface area contributed by atoms with Gasteiger partial charge in [0.1, 0.15) is 0 Å². The summed E-state index contributed by atoms with van der Waals surface area (Å²) in [5.41, 5.74) is 8.11. The molecule has 4 nitrogen and oxygen atoms in total. The third-order valence-corrected chi connectivity index (χ3v) is 3.65. The zero-order valence-electron chi connectivity index (χ0n) is 12.4. The van der Waals surface area contributed by atoms with Crippen LogP contribution in [-0.2, 0) is 0 Å². The van der Waals surface area contributed by atoms with Crippen molar-refractivity contribution in [2.45, 2.75) is 32.6 Å². The van der Waals surface area contributed by atoms with Gasteiger partial charge in [-0.1, -0.05) is 12.1 Å². The number of unbranched alkanes of at least 4 members (excludes halogenated alkanes) is 1. The lowest BCUT2D eigenvalue weighted by Crippen LogP contribution is -2.23. The van der Waals surface area contributed by atoms with Crippen LogP contribution < -0.4 is 11.1 Å². The Morgan fingerprint density at radius 3 is 2.85 bits per heavy atom. The van der Waals surface area contributed by atoms with Gasteiger partial charge in [0.15, 0.2) is 5.96 Å². The Kier molecular flexibility index (Phi) is 5.87. The maximum absolute atomic E-state index is 5.89. The third-order valence-electron chi connectivity index (χ3n) is 3.65. The van der Waals surface area contributed by atoms with Crippen molar-refractivity contribution >= 4 is 11.6 Å². The Hall–Kier alpha value is -1.55. The number of benzene rings is 1. The van der Waals surface area contributed by atoms with E-state index in [2.05, 4.69) is 34.3 Å². The molecule has 1 fully saturated rings. The minimum absolute atomic E-state index is 0.511. The van der Waals surface area contributed by atoms with E-state index in [1.54, 1.807) is 0 Å². The number of rotatable bonds is 6. The molecule has 20 heavy (non-hydrogen) atoms. The number of nitrogens with zero attached hydrogens (tertiary/aromatic N) is 2. The van der Waals surface area contributed by atoms with Crippen LogP contribution in [0.25, 0.3) is 0 Å². The van der Waals surface area contributed by atoms with E-state index in [1.165, 1.54) is 44.5 Å². The maximum atomic E-state index is 5.89. The molecule has 1 aromatic rings. The normalized spacial score (nSPS) is 16.6. The van der Waals surface area contributed by atoms with E-state index in [4.69, 9.17) is 5.73 Å². The van der Waals surface area contributed by atoms with Crippen molar-refractivity contribution in [2.75, 3.05) is 31.5 Å². The van der Waals surface area contributed by atoms with Crippen LogP contribution in [0, 0.1) is 6.92 Å². The Bertz CT molecular complexity index is 436. The van der Waals surface area contributed by atoms with E-state index >= 15 is 0 Å². The minimum Gasteiger partial charge on any atom is -0.370 e. The summed E-state index contributed by atoms with van der Waals surface area (Å²) in [5, 5.41) is 3.13. The maximum Gasteiger partial charge on any atom is 0.193 e. The van der Waals surface area contributed by atoms with E-state index in [-0.39, 0.29) is 0 Å². The second-order valence-corrected chi connectivity index (χ2v) is 5.52. The van der Waals surface area contributed by atoms with Gasteiger partial charge < -0.3 is 16.0 Å². The van der Waals surface area contributed by atoms with Crippen LogP contribution in [0.1, 0.15) is 31.2 Å². The van der Waals surface area contributed by atoms with E-state index in [0.717, 1.165) is 18.7 Å². The van der Waals surface area contributed by atoms with Crippen LogP contribution in [0.15, 0.2) is 29.3 Å². The monoisotopic (exact) mass is 274 g/mol. The number of hydrogen-bond donors (Lipinski definition) is 2. The van der Waals surface area contributed by atoms with E-state index in [1.807, 2.05) is 12.1 Å². The summed E-state index contributed by atoms with van der Waals surface area (Å²) in [4.78, 5) is 6.92. The predicted octanol–water partition coefficient (Wildman–Crippen LogP) is 2.60. The van der Waals surface area contributed by atoms with Crippen molar-refractivity contribution in [3.05, 3.63) is 29.8 Å². The number of hydrogen-bond acceptors (Lipinski definition) is 2. The number of nitrogens with two attached hydrogens (primary N) is 1. The fourth-order valence-electron chi connectivity index (χ4n) is 2.56. The Balaban J connectivity index is 1.63. The van der Waals surface area contributed by atoms with E-state index in [0.29, 0.717) is 5.96 Å². The first-order chi connectivity index (χ1) is 9.74.